The minimum absolute atomic E-state index is 0.149. The van der Waals surface area contributed by atoms with Gasteiger partial charge in [0.25, 0.3) is 0 Å². The van der Waals surface area contributed by atoms with Crippen molar-refractivity contribution in [2.75, 3.05) is 0 Å². The summed E-state index contributed by atoms with van der Waals surface area (Å²) >= 11 is 0. The van der Waals surface area contributed by atoms with Crippen LogP contribution in [0, 0.1) is 29.1 Å². The van der Waals surface area contributed by atoms with Gasteiger partial charge in [0.2, 0.25) is 5.82 Å². The van der Waals surface area contributed by atoms with Crippen LogP contribution in [-0.4, -0.2) is 15.0 Å². The van der Waals surface area contributed by atoms with E-state index in [0.717, 1.165) is 44.4 Å². The fourth-order valence-corrected chi connectivity index (χ4v) is 6.26. The number of aromatic nitrogens is 3. The number of rotatable bonds is 3. The van der Waals surface area contributed by atoms with Gasteiger partial charge in [-0.2, -0.15) is 0 Å². The van der Waals surface area contributed by atoms with Crippen molar-refractivity contribution in [3.05, 3.63) is 187 Å². The quantitative estimate of drug-likeness (QED) is 0.125. The topological polar surface area (TPSA) is 59.4 Å². The Morgan fingerprint density at radius 3 is 1.54 bits per heavy atom. The van der Waals surface area contributed by atoms with E-state index in [1.165, 1.54) is 0 Å². The second-order valence-electron chi connectivity index (χ2n) is 11.1. The van der Waals surface area contributed by atoms with Gasteiger partial charge in [0, 0.05) is 62.0 Å². The van der Waals surface area contributed by atoms with Crippen LogP contribution in [-0.2, 0) is 0 Å². The first-order valence-corrected chi connectivity index (χ1v) is 14.5. The highest BCUT2D eigenvalue weighted by atomic mass is 19.2. The minimum atomic E-state index is -2.22. The van der Waals surface area contributed by atoms with E-state index in [1.54, 1.807) is 24.3 Å². The molecule has 0 saturated heterocycles. The molecule has 3 aromatic carbocycles. The molecule has 8 bridgehead atoms. The summed E-state index contributed by atoms with van der Waals surface area (Å²) in [5, 5.41) is 5.92. The van der Waals surface area contributed by atoms with E-state index in [9.17, 15) is 13.2 Å². The predicted octanol–water partition coefficient (Wildman–Crippen LogP) is 5.06. The average Bonchev–Trinajstić information content (AvgIpc) is 3.91. The van der Waals surface area contributed by atoms with Crippen molar-refractivity contribution in [1.29, 1.82) is 0 Å². The van der Waals surface area contributed by atoms with E-state index < -0.39 is 34.6 Å². The second kappa shape index (κ2) is 10.7. The van der Waals surface area contributed by atoms with E-state index in [1.807, 2.05) is 72.8 Å². The Morgan fingerprint density at radius 2 is 0.913 bits per heavy atom. The van der Waals surface area contributed by atoms with Crippen LogP contribution in [0.4, 0.5) is 22.0 Å². The lowest BCUT2D eigenvalue weighted by Gasteiger charge is -2.12. The van der Waals surface area contributed by atoms with Gasteiger partial charge in [0.15, 0.2) is 23.3 Å². The number of halogens is 5. The van der Waals surface area contributed by atoms with E-state index in [0.29, 0.717) is 17.5 Å². The zero-order valence-corrected chi connectivity index (χ0v) is 23.9. The SMILES string of the molecule is Fc1c(F)c(F)c(C2=c3ccc([nH]3)=C(c3ccccc3)C3=CCC(=c4ccc([nH]4)=C(c4ccccc4)c4ccc2[nH]4)N3)c(F)c1F. The van der Waals surface area contributed by atoms with Crippen LogP contribution in [0.3, 0.4) is 0 Å². The van der Waals surface area contributed by atoms with Gasteiger partial charge in [-0.25, -0.2) is 22.0 Å². The van der Waals surface area contributed by atoms with Crippen molar-refractivity contribution >= 4 is 22.4 Å². The van der Waals surface area contributed by atoms with E-state index in [-0.39, 0.29) is 16.6 Å². The molecule has 6 aromatic rings. The van der Waals surface area contributed by atoms with Crippen LogP contribution in [0.5, 0.6) is 0 Å². The lowest BCUT2D eigenvalue weighted by molar-refractivity contribution is 0.376. The van der Waals surface area contributed by atoms with Gasteiger partial charge in [-0.05, 0) is 47.5 Å². The maximum Gasteiger partial charge on any atom is 0.200 e. The molecule has 0 aliphatic carbocycles. The standard InChI is InChI=1S/C37H23F5N4/c38-33-32(34(39)36(41)37(42)35(33)40)31-27-17-15-25(45-27)29(19-7-3-1-4-8-19)23-13-11-21(43-23)22-12-14-24(44-22)30(20-9-5-2-6-10-20)26-16-18-28(31)46-26/h1-11,13-18,43-46H,12H2. The van der Waals surface area contributed by atoms with Gasteiger partial charge in [-0.1, -0.05) is 66.7 Å². The normalized spacial score (nSPS) is 14.2. The largest absolute Gasteiger partial charge is 0.357 e. The van der Waals surface area contributed by atoms with Crippen LogP contribution in [0.2, 0.25) is 0 Å². The fourth-order valence-electron chi connectivity index (χ4n) is 6.26. The summed E-state index contributed by atoms with van der Waals surface area (Å²) in [7, 11) is 0. The second-order valence-corrected chi connectivity index (χ2v) is 11.1. The third-order valence-electron chi connectivity index (χ3n) is 8.38. The van der Waals surface area contributed by atoms with Crippen LogP contribution in [0.25, 0.3) is 22.4 Å². The third-order valence-corrected chi connectivity index (χ3v) is 8.38. The summed E-state index contributed by atoms with van der Waals surface area (Å²) in [5.74, 6) is -10.1. The number of hydrogen-bond acceptors (Lipinski definition) is 1. The van der Waals surface area contributed by atoms with E-state index >= 15 is 8.78 Å². The van der Waals surface area contributed by atoms with Crippen molar-refractivity contribution in [3.63, 3.8) is 0 Å². The maximum absolute atomic E-state index is 15.6. The Labute approximate surface area is 258 Å². The average molecular weight is 619 g/mol. The Bertz CT molecular complexity index is 2440. The molecule has 0 atom stereocenters. The number of nitrogens with one attached hydrogen (secondary N) is 4. The van der Waals surface area contributed by atoms with Crippen LogP contribution in [0.1, 0.15) is 34.5 Å². The van der Waals surface area contributed by atoms with Crippen LogP contribution < -0.4 is 26.7 Å². The van der Waals surface area contributed by atoms with Crippen LogP contribution in [0.15, 0.2) is 109 Å². The molecule has 4 nitrogen and oxygen atoms in total. The molecule has 226 valence electrons. The maximum atomic E-state index is 15.6. The molecule has 0 fully saturated rings. The number of fused-ring (bicyclic) bond motifs is 8. The number of allylic oxidation sites excluding steroid dienone is 1. The molecule has 46 heavy (non-hydrogen) atoms. The summed E-state index contributed by atoms with van der Waals surface area (Å²) < 4.78 is 74.7. The predicted molar refractivity (Wildman–Crippen MR) is 165 cm³/mol. The van der Waals surface area contributed by atoms with Gasteiger partial charge in [-0.3, -0.25) is 0 Å². The molecule has 8 rings (SSSR count). The molecule has 3 aromatic heterocycles. The molecule has 0 radical (unpaired) electrons. The first-order chi connectivity index (χ1) is 22.4. The highest BCUT2D eigenvalue weighted by Gasteiger charge is 2.30. The number of H-pyrrole nitrogens is 3. The van der Waals surface area contributed by atoms with Gasteiger partial charge in [0.1, 0.15) is 0 Å². The molecular formula is C37H23F5N4. The number of hydrogen-bond donors (Lipinski definition) is 4. The first-order valence-electron chi connectivity index (χ1n) is 14.5. The van der Waals surface area contributed by atoms with Crippen molar-refractivity contribution in [2.45, 2.75) is 6.42 Å². The minimum Gasteiger partial charge on any atom is -0.357 e. The molecule has 0 spiro atoms. The summed E-state index contributed by atoms with van der Waals surface area (Å²) in [4.78, 5) is 10.00. The first kappa shape index (κ1) is 27.7. The molecule has 0 unspecified atom stereocenters. The van der Waals surface area contributed by atoms with Gasteiger partial charge in [0.05, 0.1) is 10.9 Å². The molecule has 0 amide bonds. The Hall–Kier alpha value is -5.83. The fraction of sp³-hybridized carbons (Fsp3) is 0.0270. The highest BCUT2D eigenvalue weighted by Crippen LogP contribution is 2.32. The number of aromatic amines is 3. The molecule has 5 heterocycles. The smallest absolute Gasteiger partial charge is 0.200 e. The van der Waals surface area contributed by atoms with E-state index in [4.69, 9.17) is 0 Å². The molecule has 2 aliphatic heterocycles. The number of benzene rings is 3. The molecule has 9 heteroatoms. The van der Waals surface area contributed by atoms with Crippen molar-refractivity contribution < 1.29 is 22.0 Å². The summed E-state index contributed by atoms with van der Waals surface area (Å²) in [5.41, 5.74) is 4.42. The summed E-state index contributed by atoms with van der Waals surface area (Å²) in [6.07, 6.45) is 2.66. The van der Waals surface area contributed by atoms with Gasteiger partial charge >= 0.3 is 0 Å². The summed E-state index contributed by atoms with van der Waals surface area (Å²) in [6, 6.07) is 29.6. The summed E-state index contributed by atoms with van der Waals surface area (Å²) in [6.45, 7) is 0. The Kier molecular flexibility index (Phi) is 6.42. The molecular weight excluding hydrogens is 595 g/mol. The van der Waals surface area contributed by atoms with Gasteiger partial charge < -0.3 is 20.3 Å². The Balaban J connectivity index is 1.53. The zero-order valence-electron chi connectivity index (χ0n) is 23.9. The van der Waals surface area contributed by atoms with Gasteiger partial charge in [-0.15, -0.1) is 0 Å². The van der Waals surface area contributed by atoms with E-state index in [2.05, 4.69) is 26.3 Å². The van der Waals surface area contributed by atoms with Crippen LogP contribution >= 0.6 is 0 Å². The Morgan fingerprint density at radius 1 is 0.435 bits per heavy atom. The third kappa shape index (κ3) is 4.34. The van der Waals surface area contributed by atoms with Crippen molar-refractivity contribution in [2.24, 2.45) is 0 Å². The highest BCUT2D eigenvalue weighted by molar-refractivity contribution is 5.84. The lowest BCUT2D eigenvalue weighted by atomic mass is 10.00. The molecule has 4 N–H and O–H groups in total. The monoisotopic (exact) mass is 618 g/mol. The lowest BCUT2D eigenvalue weighted by Crippen LogP contribution is -2.23. The van der Waals surface area contributed by atoms with Crippen molar-refractivity contribution in [3.8, 4) is 0 Å². The van der Waals surface area contributed by atoms with Crippen molar-refractivity contribution in [1.82, 2.24) is 20.3 Å². The zero-order chi connectivity index (χ0) is 31.5. The molecule has 0 saturated carbocycles. The molecule has 2 aliphatic rings.